The average molecular weight is 392 g/mol. The van der Waals surface area contributed by atoms with Gasteiger partial charge in [-0.1, -0.05) is 17.7 Å². The molecule has 0 aliphatic heterocycles. The van der Waals surface area contributed by atoms with Gasteiger partial charge < -0.3 is 5.43 Å². The highest BCUT2D eigenvalue weighted by atomic mass is 79.9. The van der Waals surface area contributed by atoms with Crippen LogP contribution in [0.15, 0.2) is 39.8 Å². The second-order valence-electron chi connectivity index (χ2n) is 4.21. The number of sulfonamides is 1. The van der Waals surface area contributed by atoms with Crippen molar-refractivity contribution in [1.29, 1.82) is 0 Å². The standard InChI is InChI=1S/C12H12BrClN4O2S/c1-7-2-3-9(14)5-10(7)18-21(19,20)11-4-8(13)6-16-12(11)17-15/h2-6,18H,15H2,1H3,(H,16,17). The minimum absolute atomic E-state index is 0.0466. The molecular formula is C12H12BrClN4O2S. The molecule has 1 aromatic carbocycles. The van der Waals surface area contributed by atoms with Gasteiger partial charge in [0.1, 0.15) is 4.90 Å². The van der Waals surface area contributed by atoms with Crippen molar-refractivity contribution in [2.75, 3.05) is 10.1 Å². The molecule has 0 saturated carbocycles. The maximum atomic E-state index is 12.5. The third-order valence-corrected chi connectivity index (χ3v) is 4.74. The molecule has 0 bridgehead atoms. The van der Waals surface area contributed by atoms with Crippen LogP contribution in [-0.2, 0) is 10.0 Å². The third-order valence-electron chi connectivity index (χ3n) is 2.69. The van der Waals surface area contributed by atoms with Gasteiger partial charge in [-0.05, 0) is 46.6 Å². The summed E-state index contributed by atoms with van der Waals surface area (Å²) in [5.74, 6) is 5.35. The summed E-state index contributed by atoms with van der Waals surface area (Å²) in [6, 6.07) is 6.35. The van der Waals surface area contributed by atoms with Crippen molar-refractivity contribution in [2.45, 2.75) is 11.8 Å². The molecule has 0 unspecified atom stereocenters. The summed E-state index contributed by atoms with van der Waals surface area (Å²) in [6.07, 6.45) is 1.44. The lowest BCUT2D eigenvalue weighted by molar-refractivity contribution is 0.601. The van der Waals surface area contributed by atoms with E-state index < -0.39 is 10.0 Å². The fourth-order valence-electron chi connectivity index (χ4n) is 1.64. The number of benzene rings is 1. The van der Waals surface area contributed by atoms with E-state index in [1.54, 1.807) is 19.1 Å². The van der Waals surface area contributed by atoms with Gasteiger partial charge in [0.25, 0.3) is 10.0 Å². The van der Waals surface area contributed by atoms with Crippen molar-refractivity contribution in [1.82, 2.24) is 4.98 Å². The van der Waals surface area contributed by atoms with Crippen molar-refractivity contribution in [3.63, 3.8) is 0 Å². The second-order valence-corrected chi connectivity index (χ2v) is 7.21. The Hall–Kier alpha value is -1.35. The molecule has 0 aliphatic rings. The van der Waals surface area contributed by atoms with Crippen LogP contribution in [0.2, 0.25) is 5.02 Å². The van der Waals surface area contributed by atoms with Crippen molar-refractivity contribution in [2.24, 2.45) is 5.84 Å². The summed E-state index contributed by atoms with van der Waals surface area (Å²) >= 11 is 9.07. The van der Waals surface area contributed by atoms with Crippen LogP contribution in [0.1, 0.15) is 5.56 Å². The Bertz CT molecular complexity index is 783. The Kier molecular flexibility index (Phi) is 4.72. The molecule has 0 spiro atoms. The first-order chi connectivity index (χ1) is 9.83. The van der Waals surface area contributed by atoms with Gasteiger partial charge in [0.05, 0.1) is 5.69 Å². The van der Waals surface area contributed by atoms with Gasteiger partial charge in [0.2, 0.25) is 0 Å². The molecule has 112 valence electrons. The van der Waals surface area contributed by atoms with Gasteiger partial charge in [0, 0.05) is 15.7 Å². The number of nitrogens with zero attached hydrogens (tertiary/aromatic N) is 1. The van der Waals surface area contributed by atoms with Gasteiger partial charge in [-0.15, -0.1) is 0 Å². The summed E-state index contributed by atoms with van der Waals surface area (Å²) < 4.78 is 28.0. The summed E-state index contributed by atoms with van der Waals surface area (Å²) in [5.41, 5.74) is 3.40. The van der Waals surface area contributed by atoms with Crippen molar-refractivity contribution in [3.05, 3.63) is 45.5 Å². The van der Waals surface area contributed by atoms with Crippen molar-refractivity contribution >= 4 is 49.1 Å². The van der Waals surface area contributed by atoms with Gasteiger partial charge in [-0.3, -0.25) is 4.72 Å². The largest absolute Gasteiger partial charge is 0.307 e. The lowest BCUT2D eigenvalue weighted by atomic mass is 10.2. The molecule has 4 N–H and O–H groups in total. The van der Waals surface area contributed by atoms with E-state index in [0.717, 1.165) is 5.56 Å². The zero-order valence-corrected chi connectivity index (χ0v) is 14.1. The summed E-state index contributed by atoms with van der Waals surface area (Å²) in [7, 11) is -3.86. The molecule has 0 amide bonds. The number of pyridine rings is 1. The van der Waals surface area contributed by atoms with Gasteiger partial charge in [-0.2, -0.15) is 0 Å². The smallest absolute Gasteiger partial charge is 0.265 e. The number of nitrogens with two attached hydrogens (primary N) is 1. The predicted molar refractivity (Wildman–Crippen MR) is 86.7 cm³/mol. The molecule has 0 fully saturated rings. The van der Waals surface area contributed by atoms with E-state index in [1.807, 2.05) is 0 Å². The highest BCUT2D eigenvalue weighted by molar-refractivity contribution is 9.10. The van der Waals surface area contributed by atoms with E-state index in [1.165, 1.54) is 18.3 Å². The average Bonchev–Trinajstić information content (AvgIpc) is 2.42. The topological polar surface area (TPSA) is 97.1 Å². The van der Waals surface area contributed by atoms with Gasteiger partial charge in [0.15, 0.2) is 5.82 Å². The molecule has 0 aliphatic carbocycles. The zero-order chi connectivity index (χ0) is 15.6. The maximum absolute atomic E-state index is 12.5. The van der Waals surface area contributed by atoms with Crippen LogP contribution >= 0.6 is 27.5 Å². The fourth-order valence-corrected chi connectivity index (χ4v) is 3.56. The van der Waals surface area contributed by atoms with Crippen LogP contribution in [0.4, 0.5) is 11.5 Å². The van der Waals surface area contributed by atoms with E-state index in [4.69, 9.17) is 17.4 Å². The maximum Gasteiger partial charge on any atom is 0.265 e. The van der Waals surface area contributed by atoms with Crippen LogP contribution in [0.5, 0.6) is 0 Å². The number of nitrogens with one attached hydrogen (secondary N) is 2. The predicted octanol–water partition coefficient (Wildman–Crippen LogP) is 2.89. The summed E-state index contributed by atoms with van der Waals surface area (Å²) in [6.45, 7) is 1.77. The molecule has 6 nitrogen and oxygen atoms in total. The highest BCUT2D eigenvalue weighted by Gasteiger charge is 2.21. The van der Waals surface area contributed by atoms with Gasteiger partial charge >= 0.3 is 0 Å². The molecule has 21 heavy (non-hydrogen) atoms. The number of aryl methyl sites for hydroxylation is 1. The van der Waals surface area contributed by atoms with E-state index in [-0.39, 0.29) is 10.7 Å². The fraction of sp³-hybridized carbons (Fsp3) is 0.0833. The molecule has 2 aromatic rings. The van der Waals surface area contributed by atoms with Crippen molar-refractivity contribution in [3.8, 4) is 0 Å². The molecule has 0 radical (unpaired) electrons. The first kappa shape index (κ1) is 16.0. The Balaban J connectivity index is 2.48. The third kappa shape index (κ3) is 3.65. The van der Waals surface area contributed by atoms with E-state index in [9.17, 15) is 8.42 Å². The lowest BCUT2D eigenvalue weighted by Crippen LogP contribution is -2.19. The number of hydrazine groups is 1. The van der Waals surface area contributed by atoms with Crippen LogP contribution in [0.25, 0.3) is 0 Å². The molecule has 0 atom stereocenters. The normalized spacial score (nSPS) is 11.2. The van der Waals surface area contributed by atoms with Crippen LogP contribution in [0.3, 0.4) is 0 Å². The SMILES string of the molecule is Cc1ccc(Cl)cc1NS(=O)(=O)c1cc(Br)cnc1NN. The number of anilines is 2. The molecule has 0 saturated heterocycles. The quantitative estimate of drug-likeness (QED) is 0.550. The molecule has 1 heterocycles. The Morgan fingerprint density at radius 2 is 2.05 bits per heavy atom. The minimum Gasteiger partial charge on any atom is -0.307 e. The lowest BCUT2D eigenvalue weighted by Gasteiger charge is -2.13. The van der Waals surface area contributed by atoms with Crippen molar-refractivity contribution < 1.29 is 8.42 Å². The Morgan fingerprint density at radius 3 is 2.71 bits per heavy atom. The number of nitrogen functional groups attached to an aromatic ring is 1. The number of aromatic nitrogens is 1. The number of rotatable bonds is 4. The molecule has 2 rings (SSSR count). The number of hydrogen-bond donors (Lipinski definition) is 3. The van der Waals surface area contributed by atoms with E-state index in [2.05, 4.69) is 31.1 Å². The van der Waals surface area contributed by atoms with E-state index in [0.29, 0.717) is 15.2 Å². The summed E-state index contributed by atoms with van der Waals surface area (Å²) in [4.78, 5) is 3.85. The first-order valence-corrected chi connectivity index (χ1v) is 8.40. The Labute approximate surface area is 135 Å². The number of halogens is 2. The number of hydrogen-bond acceptors (Lipinski definition) is 5. The van der Waals surface area contributed by atoms with Crippen LogP contribution in [0, 0.1) is 6.92 Å². The van der Waals surface area contributed by atoms with Crippen LogP contribution < -0.4 is 16.0 Å². The second kappa shape index (κ2) is 6.18. The van der Waals surface area contributed by atoms with Crippen LogP contribution in [-0.4, -0.2) is 13.4 Å². The molecule has 1 aromatic heterocycles. The zero-order valence-electron chi connectivity index (χ0n) is 10.9. The first-order valence-electron chi connectivity index (χ1n) is 5.74. The highest BCUT2D eigenvalue weighted by Crippen LogP contribution is 2.27. The molecular weight excluding hydrogens is 380 g/mol. The van der Waals surface area contributed by atoms with Gasteiger partial charge in [-0.25, -0.2) is 19.2 Å². The Morgan fingerprint density at radius 1 is 1.33 bits per heavy atom. The summed E-state index contributed by atoms with van der Waals surface area (Å²) in [5, 5.41) is 0.433. The molecule has 9 heteroatoms. The van der Waals surface area contributed by atoms with E-state index >= 15 is 0 Å². The monoisotopic (exact) mass is 390 g/mol. The minimum atomic E-state index is -3.86.